The highest BCUT2D eigenvalue weighted by Crippen LogP contribution is 2.32. The van der Waals surface area contributed by atoms with Gasteiger partial charge in [0.2, 0.25) is 0 Å². The van der Waals surface area contributed by atoms with Crippen LogP contribution in [0.2, 0.25) is 0 Å². The van der Waals surface area contributed by atoms with Gasteiger partial charge in [-0.1, -0.05) is 0 Å². The molecule has 0 saturated heterocycles. The molecule has 0 radical (unpaired) electrons. The van der Waals surface area contributed by atoms with E-state index in [2.05, 4.69) is 10.2 Å². The molecule has 2 aromatic heterocycles. The molecule has 0 aliphatic heterocycles. The Balaban J connectivity index is 2.23. The number of nitrogen functional groups attached to an aromatic ring is 1. The molecule has 0 amide bonds. The monoisotopic (exact) mass is 284 g/mol. The second-order valence-electron chi connectivity index (χ2n) is 4.66. The van der Waals surface area contributed by atoms with Crippen LogP contribution in [0.3, 0.4) is 0 Å². The summed E-state index contributed by atoms with van der Waals surface area (Å²) in [5.41, 5.74) is 9.21. The highest BCUT2D eigenvalue weighted by Gasteiger charge is 2.13. The van der Waals surface area contributed by atoms with Crippen molar-refractivity contribution in [2.45, 2.75) is 6.92 Å². The van der Waals surface area contributed by atoms with Gasteiger partial charge in [-0.05, 0) is 37.3 Å². The molecular weight excluding hydrogens is 268 g/mol. The van der Waals surface area contributed by atoms with Crippen LogP contribution in [-0.4, -0.2) is 28.8 Å². The zero-order valence-corrected chi connectivity index (χ0v) is 12.1. The Morgan fingerprint density at radius 1 is 1.00 bits per heavy atom. The molecule has 6 nitrogen and oxygen atoms in total. The van der Waals surface area contributed by atoms with Gasteiger partial charge in [-0.3, -0.25) is 4.40 Å². The maximum atomic E-state index is 5.97. The van der Waals surface area contributed by atoms with Gasteiger partial charge in [-0.25, -0.2) is 0 Å². The minimum Gasteiger partial charge on any atom is -0.493 e. The fraction of sp³-hybridized carbons (Fsp3) is 0.200. The highest BCUT2D eigenvalue weighted by molar-refractivity contribution is 5.66. The number of nitrogens with zero attached hydrogens (tertiary/aromatic N) is 3. The molecule has 0 atom stereocenters. The SMILES string of the molecule is COc1ccc(-c2nnc3ccc(N)c(C)n23)cc1OC. The van der Waals surface area contributed by atoms with Crippen molar-refractivity contribution in [3.8, 4) is 22.9 Å². The van der Waals surface area contributed by atoms with Crippen LogP contribution in [0.1, 0.15) is 5.69 Å². The lowest BCUT2D eigenvalue weighted by atomic mass is 10.2. The van der Waals surface area contributed by atoms with Gasteiger partial charge in [-0.2, -0.15) is 0 Å². The Morgan fingerprint density at radius 2 is 1.76 bits per heavy atom. The highest BCUT2D eigenvalue weighted by atomic mass is 16.5. The molecule has 21 heavy (non-hydrogen) atoms. The van der Waals surface area contributed by atoms with Gasteiger partial charge in [-0.15, -0.1) is 10.2 Å². The molecule has 0 spiro atoms. The third-order valence-electron chi connectivity index (χ3n) is 3.49. The molecule has 0 unspecified atom stereocenters. The average molecular weight is 284 g/mol. The molecule has 3 rings (SSSR count). The topological polar surface area (TPSA) is 74.7 Å². The number of anilines is 1. The lowest BCUT2D eigenvalue weighted by molar-refractivity contribution is 0.355. The Kier molecular flexibility index (Phi) is 3.13. The van der Waals surface area contributed by atoms with E-state index in [1.54, 1.807) is 14.2 Å². The van der Waals surface area contributed by atoms with Gasteiger partial charge >= 0.3 is 0 Å². The van der Waals surface area contributed by atoms with Gasteiger partial charge in [0.15, 0.2) is 23.0 Å². The summed E-state index contributed by atoms with van der Waals surface area (Å²) in [6, 6.07) is 9.31. The Bertz CT molecular complexity index is 811. The summed E-state index contributed by atoms with van der Waals surface area (Å²) in [5, 5.41) is 8.44. The first-order valence-corrected chi connectivity index (χ1v) is 6.48. The Labute approximate surface area is 122 Å². The number of rotatable bonds is 3. The summed E-state index contributed by atoms with van der Waals surface area (Å²) in [4.78, 5) is 0. The minimum atomic E-state index is 0.647. The van der Waals surface area contributed by atoms with E-state index in [0.29, 0.717) is 17.2 Å². The largest absolute Gasteiger partial charge is 0.493 e. The van der Waals surface area contributed by atoms with Gasteiger partial charge in [0.25, 0.3) is 0 Å². The molecule has 1 aromatic carbocycles. The van der Waals surface area contributed by atoms with Crippen molar-refractivity contribution in [3.63, 3.8) is 0 Å². The Hall–Kier alpha value is -2.76. The molecule has 6 heteroatoms. The van der Waals surface area contributed by atoms with E-state index in [9.17, 15) is 0 Å². The van der Waals surface area contributed by atoms with Gasteiger partial charge < -0.3 is 15.2 Å². The van der Waals surface area contributed by atoms with Crippen molar-refractivity contribution < 1.29 is 9.47 Å². The molecule has 0 aliphatic carbocycles. The number of ether oxygens (including phenoxy) is 2. The standard InChI is InChI=1S/C15H16N4O2/c1-9-11(16)5-7-14-17-18-15(19(9)14)10-4-6-12(20-2)13(8-10)21-3/h4-8H,16H2,1-3H3. The number of aromatic nitrogens is 3. The normalized spacial score (nSPS) is 10.8. The molecule has 108 valence electrons. The van der Waals surface area contributed by atoms with Crippen LogP contribution >= 0.6 is 0 Å². The summed E-state index contributed by atoms with van der Waals surface area (Å²) in [6.45, 7) is 1.94. The number of pyridine rings is 1. The van der Waals surface area contributed by atoms with Crippen LogP contribution in [-0.2, 0) is 0 Å². The van der Waals surface area contributed by atoms with Crippen molar-refractivity contribution in [3.05, 3.63) is 36.0 Å². The fourth-order valence-corrected chi connectivity index (χ4v) is 2.31. The summed E-state index contributed by atoms with van der Waals surface area (Å²) in [7, 11) is 3.21. The van der Waals surface area contributed by atoms with Crippen LogP contribution in [0.4, 0.5) is 5.69 Å². The lowest BCUT2D eigenvalue weighted by Gasteiger charge is -2.10. The number of nitrogens with two attached hydrogens (primary N) is 1. The minimum absolute atomic E-state index is 0.647. The Morgan fingerprint density at radius 3 is 2.48 bits per heavy atom. The second kappa shape index (κ2) is 4.97. The smallest absolute Gasteiger partial charge is 0.168 e. The van der Waals surface area contributed by atoms with Crippen molar-refractivity contribution in [2.75, 3.05) is 20.0 Å². The van der Waals surface area contributed by atoms with Crippen LogP contribution < -0.4 is 15.2 Å². The molecule has 0 aliphatic rings. The molecule has 2 heterocycles. The molecule has 3 aromatic rings. The molecule has 2 N–H and O–H groups in total. The van der Waals surface area contributed by atoms with Gasteiger partial charge in [0, 0.05) is 11.3 Å². The van der Waals surface area contributed by atoms with Gasteiger partial charge in [0.05, 0.1) is 19.9 Å². The van der Waals surface area contributed by atoms with Crippen LogP contribution in [0, 0.1) is 6.92 Å². The van der Waals surface area contributed by atoms with E-state index < -0.39 is 0 Å². The van der Waals surface area contributed by atoms with E-state index in [0.717, 1.165) is 22.7 Å². The average Bonchev–Trinajstić information content (AvgIpc) is 2.95. The lowest BCUT2D eigenvalue weighted by Crippen LogP contribution is -2.00. The number of hydrogen-bond donors (Lipinski definition) is 1. The quantitative estimate of drug-likeness (QED) is 0.798. The third-order valence-corrected chi connectivity index (χ3v) is 3.49. The zero-order chi connectivity index (χ0) is 15.0. The number of methoxy groups -OCH3 is 2. The summed E-state index contributed by atoms with van der Waals surface area (Å²) < 4.78 is 12.5. The summed E-state index contributed by atoms with van der Waals surface area (Å²) in [5.74, 6) is 2.04. The predicted octanol–water partition coefficient (Wildman–Crippen LogP) is 2.30. The van der Waals surface area contributed by atoms with E-state index in [1.807, 2.05) is 41.7 Å². The van der Waals surface area contributed by atoms with E-state index >= 15 is 0 Å². The maximum absolute atomic E-state index is 5.97. The first-order chi connectivity index (χ1) is 10.2. The van der Waals surface area contributed by atoms with E-state index in [4.69, 9.17) is 15.2 Å². The molecule has 0 saturated carbocycles. The van der Waals surface area contributed by atoms with Gasteiger partial charge in [0.1, 0.15) is 0 Å². The molecular formula is C15H16N4O2. The fourth-order valence-electron chi connectivity index (χ4n) is 2.31. The molecule has 0 bridgehead atoms. The van der Waals surface area contributed by atoms with Crippen LogP contribution in [0.25, 0.3) is 17.0 Å². The second-order valence-corrected chi connectivity index (χ2v) is 4.66. The first-order valence-electron chi connectivity index (χ1n) is 6.48. The van der Waals surface area contributed by atoms with E-state index in [-0.39, 0.29) is 0 Å². The molecule has 0 fully saturated rings. The number of aryl methyl sites for hydroxylation is 1. The van der Waals surface area contributed by atoms with Crippen molar-refractivity contribution in [1.82, 2.24) is 14.6 Å². The zero-order valence-electron chi connectivity index (χ0n) is 12.1. The summed E-state index contributed by atoms with van der Waals surface area (Å²) in [6.07, 6.45) is 0. The van der Waals surface area contributed by atoms with Crippen LogP contribution in [0.5, 0.6) is 11.5 Å². The first kappa shape index (κ1) is 13.2. The van der Waals surface area contributed by atoms with Crippen LogP contribution in [0.15, 0.2) is 30.3 Å². The number of hydrogen-bond acceptors (Lipinski definition) is 5. The summed E-state index contributed by atoms with van der Waals surface area (Å²) >= 11 is 0. The van der Waals surface area contributed by atoms with Crippen molar-refractivity contribution in [1.29, 1.82) is 0 Å². The predicted molar refractivity (Wildman–Crippen MR) is 80.7 cm³/mol. The van der Waals surface area contributed by atoms with Crippen molar-refractivity contribution in [2.24, 2.45) is 0 Å². The maximum Gasteiger partial charge on any atom is 0.168 e. The van der Waals surface area contributed by atoms with Crippen molar-refractivity contribution >= 4 is 11.3 Å². The third kappa shape index (κ3) is 2.05. The van der Waals surface area contributed by atoms with E-state index in [1.165, 1.54) is 0 Å². The number of fused-ring (bicyclic) bond motifs is 1. The number of benzene rings is 1.